The lowest BCUT2D eigenvalue weighted by molar-refractivity contribution is -0.137. The van der Waals surface area contributed by atoms with Crippen LogP contribution in [0.1, 0.15) is 36.1 Å². The number of fused-ring (bicyclic) bond motifs is 6. The predicted octanol–water partition coefficient (Wildman–Crippen LogP) is 4.43. The van der Waals surface area contributed by atoms with Gasteiger partial charge in [0.2, 0.25) is 5.91 Å². The number of thiophene rings is 1. The fourth-order valence-corrected chi connectivity index (χ4v) is 7.27. The van der Waals surface area contributed by atoms with Gasteiger partial charge >= 0.3 is 0 Å². The summed E-state index contributed by atoms with van der Waals surface area (Å²) in [7, 11) is 0. The second-order valence-corrected chi connectivity index (χ2v) is 10.6. The second kappa shape index (κ2) is 7.00. The molecule has 1 aliphatic heterocycles. The van der Waals surface area contributed by atoms with Crippen molar-refractivity contribution in [2.75, 3.05) is 11.9 Å². The van der Waals surface area contributed by atoms with Gasteiger partial charge in [0.15, 0.2) is 0 Å². The van der Waals surface area contributed by atoms with E-state index in [4.69, 9.17) is 0 Å². The van der Waals surface area contributed by atoms with Gasteiger partial charge in [-0.25, -0.2) is 9.97 Å². The lowest BCUT2D eigenvalue weighted by atomic mass is 9.86. The van der Waals surface area contributed by atoms with Crippen LogP contribution in [0.4, 0.5) is 11.5 Å². The van der Waals surface area contributed by atoms with Crippen molar-refractivity contribution in [1.82, 2.24) is 25.1 Å². The molecule has 2 bridgehead atoms. The molecule has 0 unspecified atom stereocenters. The van der Waals surface area contributed by atoms with Gasteiger partial charge in [-0.05, 0) is 68.2 Å². The number of aryl methyl sites for hydroxylation is 1. The standard InChI is InChI=1S/C24H24N6OS/c31-24(30-11-13-1-4-17(30)7-13)14-2-5-18-20(9-14)32-23-21(18)22(25-12-26-23)28-16-3-6-19-15(8-16)10-27-29-19/h3,6,8,10,12-14,17H,1-2,4-5,7,9,11H2,(H,27,29)(H,25,26,28)/t13-,14-,17-/m0/s1. The number of hydrogen-bond donors (Lipinski definition) is 2. The maximum absolute atomic E-state index is 13.3. The van der Waals surface area contributed by atoms with Gasteiger partial charge in [0.25, 0.3) is 0 Å². The summed E-state index contributed by atoms with van der Waals surface area (Å²) in [5.41, 5.74) is 3.31. The Labute approximate surface area is 189 Å². The summed E-state index contributed by atoms with van der Waals surface area (Å²) in [6.45, 7) is 0.986. The first-order valence-electron chi connectivity index (χ1n) is 11.5. The van der Waals surface area contributed by atoms with Gasteiger partial charge in [0.05, 0.1) is 17.1 Å². The van der Waals surface area contributed by atoms with E-state index in [2.05, 4.69) is 36.4 Å². The topological polar surface area (TPSA) is 86.8 Å². The van der Waals surface area contributed by atoms with Crippen LogP contribution in [-0.2, 0) is 17.6 Å². The Kier molecular flexibility index (Phi) is 4.06. The van der Waals surface area contributed by atoms with E-state index in [0.717, 1.165) is 64.3 Å². The zero-order valence-corrected chi connectivity index (χ0v) is 18.5. The zero-order chi connectivity index (χ0) is 21.2. The fraction of sp³-hybridized carbons (Fsp3) is 0.417. The summed E-state index contributed by atoms with van der Waals surface area (Å²) >= 11 is 1.73. The highest BCUT2D eigenvalue weighted by Gasteiger charge is 2.42. The largest absolute Gasteiger partial charge is 0.340 e. The van der Waals surface area contributed by atoms with Gasteiger partial charge in [-0.1, -0.05) is 0 Å². The SMILES string of the molecule is O=C([C@H]1CCc2c(sc3ncnc(Nc4ccc5[nH]ncc5c4)c23)C1)N1C[C@H]2CC[C@H]1C2. The number of H-pyrrole nitrogens is 1. The van der Waals surface area contributed by atoms with Crippen LogP contribution in [0.5, 0.6) is 0 Å². The number of carbonyl (C=O) groups is 1. The van der Waals surface area contributed by atoms with Gasteiger partial charge in [0, 0.05) is 34.5 Å². The number of amides is 1. The Hall–Kier alpha value is -3.00. The molecular weight excluding hydrogens is 420 g/mol. The summed E-state index contributed by atoms with van der Waals surface area (Å²) in [5.74, 6) is 2.09. The van der Waals surface area contributed by atoms with E-state index in [1.807, 2.05) is 18.3 Å². The number of anilines is 2. The first-order valence-corrected chi connectivity index (χ1v) is 12.3. The number of likely N-dealkylation sites (tertiary alicyclic amines) is 1. The number of aromatic nitrogens is 4. The number of carbonyl (C=O) groups excluding carboxylic acids is 1. The predicted molar refractivity (Wildman–Crippen MR) is 125 cm³/mol. The van der Waals surface area contributed by atoms with Crippen molar-refractivity contribution in [3.8, 4) is 0 Å². The molecule has 162 valence electrons. The highest BCUT2D eigenvalue weighted by molar-refractivity contribution is 7.19. The molecular formula is C24H24N6OS. The number of rotatable bonds is 3. The average Bonchev–Trinajstić information content (AvgIpc) is 3.60. The Morgan fingerprint density at radius 1 is 1.22 bits per heavy atom. The maximum Gasteiger partial charge on any atom is 0.226 e. The molecule has 3 atom stereocenters. The van der Waals surface area contributed by atoms with Crippen molar-refractivity contribution in [2.24, 2.45) is 11.8 Å². The molecule has 4 heterocycles. The van der Waals surface area contributed by atoms with E-state index in [1.165, 1.54) is 29.7 Å². The number of benzene rings is 1. The third-order valence-corrected chi connectivity index (χ3v) is 8.75. The second-order valence-electron chi connectivity index (χ2n) is 9.47. The Bertz CT molecular complexity index is 1360. The van der Waals surface area contributed by atoms with Crippen molar-refractivity contribution in [3.05, 3.63) is 41.2 Å². The molecule has 7 rings (SSSR count). The molecule has 3 aliphatic rings. The van der Waals surface area contributed by atoms with Gasteiger partial charge in [-0.2, -0.15) is 5.10 Å². The van der Waals surface area contributed by atoms with Gasteiger partial charge in [-0.3, -0.25) is 9.89 Å². The van der Waals surface area contributed by atoms with Gasteiger partial charge in [0.1, 0.15) is 17.0 Å². The lowest BCUT2D eigenvalue weighted by Gasteiger charge is -2.32. The first-order chi connectivity index (χ1) is 15.7. The third kappa shape index (κ3) is 2.85. The Balaban J connectivity index is 1.18. The van der Waals surface area contributed by atoms with Gasteiger partial charge < -0.3 is 10.2 Å². The quantitative estimate of drug-likeness (QED) is 0.488. The smallest absolute Gasteiger partial charge is 0.226 e. The van der Waals surface area contributed by atoms with Crippen LogP contribution in [0.2, 0.25) is 0 Å². The maximum atomic E-state index is 13.3. The summed E-state index contributed by atoms with van der Waals surface area (Å²) in [5, 5.41) is 12.8. The fourth-order valence-electron chi connectivity index (χ4n) is 6.00. The number of piperidine rings is 1. The average molecular weight is 445 g/mol. The molecule has 32 heavy (non-hydrogen) atoms. The van der Waals surface area contributed by atoms with E-state index in [0.29, 0.717) is 11.9 Å². The van der Waals surface area contributed by atoms with E-state index in [1.54, 1.807) is 17.7 Å². The van der Waals surface area contributed by atoms with Crippen LogP contribution < -0.4 is 5.32 Å². The van der Waals surface area contributed by atoms with Crippen LogP contribution in [-0.4, -0.2) is 43.6 Å². The summed E-state index contributed by atoms with van der Waals surface area (Å²) in [4.78, 5) is 27.0. The summed E-state index contributed by atoms with van der Waals surface area (Å²) < 4.78 is 0. The highest BCUT2D eigenvalue weighted by atomic mass is 32.1. The summed E-state index contributed by atoms with van der Waals surface area (Å²) in [6.07, 6.45) is 9.86. The van der Waals surface area contributed by atoms with Gasteiger partial charge in [-0.15, -0.1) is 11.3 Å². The zero-order valence-electron chi connectivity index (χ0n) is 17.7. The number of hydrogen-bond acceptors (Lipinski definition) is 6. The van der Waals surface area contributed by atoms with Crippen LogP contribution in [0.25, 0.3) is 21.1 Å². The molecule has 2 aliphatic carbocycles. The van der Waals surface area contributed by atoms with Crippen LogP contribution in [0.15, 0.2) is 30.7 Å². The molecule has 3 aromatic heterocycles. The molecule has 7 nitrogen and oxygen atoms in total. The molecule has 2 N–H and O–H groups in total. The van der Waals surface area contributed by atoms with E-state index >= 15 is 0 Å². The Morgan fingerprint density at radius 2 is 2.19 bits per heavy atom. The molecule has 1 saturated heterocycles. The minimum atomic E-state index is 0.114. The van der Waals surface area contributed by atoms with Crippen LogP contribution >= 0.6 is 11.3 Å². The minimum Gasteiger partial charge on any atom is -0.340 e. The number of nitrogens with zero attached hydrogens (tertiary/aromatic N) is 4. The normalized spacial score (nSPS) is 24.4. The monoisotopic (exact) mass is 444 g/mol. The van der Waals surface area contributed by atoms with Crippen molar-refractivity contribution < 1.29 is 4.79 Å². The molecule has 1 aromatic carbocycles. The minimum absolute atomic E-state index is 0.114. The van der Waals surface area contributed by atoms with Crippen molar-refractivity contribution >= 4 is 49.9 Å². The molecule has 0 radical (unpaired) electrons. The summed E-state index contributed by atoms with van der Waals surface area (Å²) in [6, 6.07) is 6.63. The third-order valence-electron chi connectivity index (χ3n) is 7.59. The van der Waals surface area contributed by atoms with E-state index in [-0.39, 0.29) is 5.92 Å². The first kappa shape index (κ1) is 18.6. The Morgan fingerprint density at radius 3 is 3.06 bits per heavy atom. The molecule has 4 aromatic rings. The van der Waals surface area contributed by atoms with Crippen molar-refractivity contribution in [3.63, 3.8) is 0 Å². The number of nitrogens with one attached hydrogen (secondary N) is 2. The lowest BCUT2D eigenvalue weighted by Crippen LogP contribution is -2.42. The van der Waals surface area contributed by atoms with E-state index in [9.17, 15) is 4.79 Å². The molecule has 8 heteroatoms. The molecule has 2 fully saturated rings. The van der Waals surface area contributed by atoms with Crippen molar-refractivity contribution in [1.29, 1.82) is 0 Å². The van der Waals surface area contributed by atoms with Crippen LogP contribution in [0.3, 0.4) is 0 Å². The number of aromatic amines is 1. The molecule has 1 saturated carbocycles. The highest BCUT2D eigenvalue weighted by Crippen LogP contribution is 2.43. The molecule has 1 amide bonds. The van der Waals surface area contributed by atoms with E-state index < -0.39 is 0 Å². The molecule has 0 spiro atoms. The van der Waals surface area contributed by atoms with Crippen LogP contribution in [0, 0.1) is 11.8 Å². The van der Waals surface area contributed by atoms with Crippen molar-refractivity contribution in [2.45, 2.75) is 44.6 Å².